The Kier molecular flexibility index (Phi) is 3.73. The summed E-state index contributed by atoms with van der Waals surface area (Å²) in [5.41, 5.74) is 5.52. The molecule has 1 fully saturated rings. The van der Waals surface area contributed by atoms with Crippen molar-refractivity contribution < 1.29 is 5.11 Å². The smallest absolute Gasteiger partial charge is 0.0555 e. The second kappa shape index (κ2) is 5.64. The summed E-state index contributed by atoms with van der Waals surface area (Å²) in [6, 6.07) is 7.19. The molecule has 3 heterocycles. The number of benzene rings is 1. The first-order valence-corrected chi connectivity index (χ1v) is 9.09. The van der Waals surface area contributed by atoms with Crippen LogP contribution >= 0.6 is 0 Å². The second-order valence-electron chi connectivity index (χ2n) is 7.68. The summed E-state index contributed by atoms with van der Waals surface area (Å²) in [7, 11) is 0. The molecule has 2 aliphatic heterocycles. The first kappa shape index (κ1) is 15.2. The number of aromatic amines is 1. The third-order valence-corrected chi connectivity index (χ3v) is 6.17. The highest BCUT2D eigenvalue weighted by atomic mass is 16.3. The van der Waals surface area contributed by atoms with E-state index in [1.165, 1.54) is 40.7 Å². The van der Waals surface area contributed by atoms with Crippen molar-refractivity contribution in [1.29, 1.82) is 0 Å². The van der Waals surface area contributed by atoms with Gasteiger partial charge in [-0.15, -0.1) is 0 Å². The highest BCUT2D eigenvalue weighted by Crippen LogP contribution is 2.41. The number of nitrogens with zero attached hydrogens (tertiary/aromatic N) is 1. The topological polar surface area (TPSA) is 39.3 Å². The molecule has 0 radical (unpaired) electrons. The number of fused-ring (bicyclic) bond motifs is 4. The molecule has 1 aromatic heterocycles. The van der Waals surface area contributed by atoms with Crippen molar-refractivity contribution in [2.24, 2.45) is 5.92 Å². The molecule has 1 saturated heterocycles. The predicted octanol–water partition coefficient (Wildman–Crippen LogP) is 3.60. The van der Waals surface area contributed by atoms with Crippen molar-refractivity contribution in [2.45, 2.75) is 58.1 Å². The number of hydrogen-bond donors (Lipinski definition) is 2. The third-order valence-electron chi connectivity index (χ3n) is 6.17. The van der Waals surface area contributed by atoms with Crippen molar-refractivity contribution in [3.8, 4) is 0 Å². The van der Waals surface area contributed by atoms with E-state index >= 15 is 0 Å². The van der Waals surface area contributed by atoms with E-state index in [0.717, 1.165) is 19.4 Å². The van der Waals surface area contributed by atoms with Gasteiger partial charge in [-0.2, -0.15) is 0 Å². The van der Waals surface area contributed by atoms with Crippen molar-refractivity contribution in [3.63, 3.8) is 0 Å². The van der Waals surface area contributed by atoms with Crippen LogP contribution in [0.5, 0.6) is 0 Å². The quantitative estimate of drug-likeness (QED) is 0.844. The SMILES string of the molecule is Cc1ccc2[nH]c3c(c2c1)CCN1CCCC([C@@H](C)O)C1C3C. The largest absolute Gasteiger partial charge is 0.393 e. The summed E-state index contributed by atoms with van der Waals surface area (Å²) < 4.78 is 0. The molecule has 2 aliphatic rings. The van der Waals surface area contributed by atoms with Gasteiger partial charge in [0.05, 0.1) is 6.10 Å². The van der Waals surface area contributed by atoms with Gasteiger partial charge in [0, 0.05) is 41.0 Å². The average molecular weight is 312 g/mol. The maximum absolute atomic E-state index is 10.3. The van der Waals surface area contributed by atoms with Crippen LogP contribution in [0.4, 0.5) is 0 Å². The van der Waals surface area contributed by atoms with Crippen molar-refractivity contribution in [2.75, 3.05) is 13.1 Å². The summed E-state index contributed by atoms with van der Waals surface area (Å²) in [5.74, 6) is 0.831. The molecule has 0 amide bonds. The number of aromatic nitrogens is 1. The fourth-order valence-electron chi connectivity index (χ4n) is 5.06. The number of nitrogens with one attached hydrogen (secondary N) is 1. The van der Waals surface area contributed by atoms with Crippen LogP contribution in [0.1, 0.15) is 49.4 Å². The Hall–Kier alpha value is -1.32. The molecule has 0 spiro atoms. The van der Waals surface area contributed by atoms with Crippen LogP contribution < -0.4 is 0 Å². The first-order chi connectivity index (χ1) is 11.1. The monoisotopic (exact) mass is 312 g/mol. The standard InChI is InChI=1S/C20H28N2O/c1-12-6-7-18-17(11-12)16-8-10-22-9-4-5-15(14(3)23)20(22)13(2)19(16)21-18/h6-7,11,13-15,20-21,23H,4-5,8-10H2,1-3H3/t13?,14-,15?,20?/m1/s1. The maximum atomic E-state index is 10.3. The van der Waals surface area contributed by atoms with E-state index in [9.17, 15) is 5.11 Å². The number of hydrogen-bond acceptors (Lipinski definition) is 2. The molecule has 2 N–H and O–H groups in total. The number of aliphatic hydroxyl groups excluding tert-OH is 1. The van der Waals surface area contributed by atoms with Crippen molar-refractivity contribution in [1.82, 2.24) is 9.88 Å². The van der Waals surface area contributed by atoms with Gasteiger partial charge in [0.25, 0.3) is 0 Å². The summed E-state index contributed by atoms with van der Waals surface area (Å²) >= 11 is 0. The molecule has 3 unspecified atom stereocenters. The molecule has 3 nitrogen and oxygen atoms in total. The van der Waals surface area contributed by atoms with Crippen molar-refractivity contribution >= 4 is 10.9 Å². The Labute approximate surface area is 138 Å². The van der Waals surface area contributed by atoms with Crippen LogP contribution in [0.15, 0.2) is 18.2 Å². The van der Waals surface area contributed by atoms with Gasteiger partial charge < -0.3 is 10.1 Å². The maximum Gasteiger partial charge on any atom is 0.0555 e. The van der Waals surface area contributed by atoms with Crippen LogP contribution in [0.2, 0.25) is 0 Å². The van der Waals surface area contributed by atoms with Gasteiger partial charge in [-0.05, 0) is 57.4 Å². The Morgan fingerprint density at radius 2 is 2.13 bits per heavy atom. The van der Waals surface area contributed by atoms with Crippen LogP contribution in [-0.4, -0.2) is 40.2 Å². The van der Waals surface area contributed by atoms with E-state index in [1.54, 1.807) is 0 Å². The molecule has 4 atom stereocenters. The third kappa shape index (κ3) is 2.41. The average Bonchev–Trinajstić information content (AvgIpc) is 2.82. The van der Waals surface area contributed by atoms with Crippen LogP contribution in [0, 0.1) is 12.8 Å². The molecule has 0 aliphatic carbocycles. The lowest BCUT2D eigenvalue weighted by atomic mass is 9.78. The minimum Gasteiger partial charge on any atom is -0.393 e. The van der Waals surface area contributed by atoms with E-state index in [4.69, 9.17) is 0 Å². The zero-order chi connectivity index (χ0) is 16.1. The lowest BCUT2D eigenvalue weighted by Gasteiger charge is -2.44. The second-order valence-corrected chi connectivity index (χ2v) is 7.68. The minimum atomic E-state index is -0.224. The number of piperidine rings is 1. The van der Waals surface area contributed by atoms with E-state index in [0.29, 0.717) is 17.9 Å². The normalized spacial score (nSPS) is 29.8. The molecule has 3 heteroatoms. The molecular formula is C20H28N2O. The number of H-pyrrole nitrogens is 1. The van der Waals surface area contributed by atoms with Crippen molar-refractivity contribution in [3.05, 3.63) is 35.0 Å². The lowest BCUT2D eigenvalue weighted by molar-refractivity contribution is 0.00608. The molecule has 1 aromatic carbocycles. The summed E-state index contributed by atoms with van der Waals surface area (Å²) in [5, 5.41) is 11.7. The van der Waals surface area contributed by atoms with Gasteiger partial charge in [0.2, 0.25) is 0 Å². The molecular weight excluding hydrogens is 284 g/mol. The Bertz CT molecular complexity index is 718. The number of aliphatic hydroxyl groups is 1. The summed E-state index contributed by atoms with van der Waals surface area (Å²) in [6.07, 6.45) is 3.26. The fourth-order valence-corrected chi connectivity index (χ4v) is 5.06. The summed E-state index contributed by atoms with van der Waals surface area (Å²) in [6.45, 7) is 8.79. The fraction of sp³-hybridized carbons (Fsp3) is 0.600. The molecule has 124 valence electrons. The van der Waals surface area contributed by atoms with E-state index in [1.807, 2.05) is 6.92 Å². The van der Waals surface area contributed by atoms with E-state index < -0.39 is 0 Å². The van der Waals surface area contributed by atoms with Gasteiger partial charge in [-0.25, -0.2) is 0 Å². The number of aryl methyl sites for hydroxylation is 1. The van der Waals surface area contributed by atoms with Crippen LogP contribution in [0.3, 0.4) is 0 Å². The highest BCUT2D eigenvalue weighted by Gasteiger charge is 2.40. The first-order valence-electron chi connectivity index (χ1n) is 9.09. The predicted molar refractivity (Wildman–Crippen MR) is 94.9 cm³/mol. The Balaban J connectivity index is 1.82. The summed E-state index contributed by atoms with van der Waals surface area (Å²) in [4.78, 5) is 6.36. The van der Waals surface area contributed by atoms with Crippen LogP contribution in [-0.2, 0) is 6.42 Å². The zero-order valence-corrected chi connectivity index (χ0v) is 14.5. The molecule has 23 heavy (non-hydrogen) atoms. The highest BCUT2D eigenvalue weighted by molar-refractivity contribution is 5.85. The lowest BCUT2D eigenvalue weighted by Crippen LogP contribution is -2.50. The van der Waals surface area contributed by atoms with Gasteiger partial charge in [0.1, 0.15) is 0 Å². The minimum absolute atomic E-state index is 0.224. The molecule has 0 bridgehead atoms. The number of rotatable bonds is 1. The molecule has 4 rings (SSSR count). The zero-order valence-electron chi connectivity index (χ0n) is 14.5. The van der Waals surface area contributed by atoms with Gasteiger partial charge >= 0.3 is 0 Å². The Morgan fingerprint density at radius 3 is 2.91 bits per heavy atom. The Morgan fingerprint density at radius 1 is 1.30 bits per heavy atom. The van der Waals surface area contributed by atoms with Gasteiger partial charge in [-0.3, -0.25) is 4.90 Å². The molecule has 2 aromatic rings. The van der Waals surface area contributed by atoms with Crippen LogP contribution in [0.25, 0.3) is 10.9 Å². The molecule has 0 saturated carbocycles. The van der Waals surface area contributed by atoms with E-state index in [2.05, 4.69) is 41.9 Å². The van der Waals surface area contributed by atoms with E-state index in [-0.39, 0.29) is 6.10 Å². The van der Waals surface area contributed by atoms with Gasteiger partial charge in [-0.1, -0.05) is 18.6 Å². The van der Waals surface area contributed by atoms with Gasteiger partial charge in [0.15, 0.2) is 0 Å².